The number of carboxylic acid groups (broad SMARTS) is 1. The number of nitriles is 1. The number of amides is 1. The molecule has 4 N–H and O–H groups in total. The van der Waals surface area contributed by atoms with Crippen molar-refractivity contribution in [1.82, 2.24) is 25.1 Å². The fourth-order valence-corrected chi connectivity index (χ4v) is 9.48. The molecule has 13 nitrogen and oxygen atoms in total. The number of aromatic nitrogens is 4. The van der Waals surface area contributed by atoms with Crippen molar-refractivity contribution < 1.29 is 23.1 Å². The summed E-state index contributed by atoms with van der Waals surface area (Å²) >= 11 is 1.61. The second kappa shape index (κ2) is 14.9. The van der Waals surface area contributed by atoms with Crippen LogP contribution in [0.25, 0.3) is 27.0 Å². The van der Waals surface area contributed by atoms with E-state index in [1.165, 1.54) is 12.1 Å². The number of nitrogens with one attached hydrogen (secondary N) is 3. The van der Waals surface area contributed by atoms with Gasteiger partial charge in [-0.1, -0.05) is 54.6 Å². The van der Waals surface area contributed by atoms with E-state index in [2.05, 4.69) is 38.2 Å². The van der Waals surface area contributed by atoms with E-state index >= 15 is 0 Å². The second-order valence-electron chi connectivity index (χ2n) is 14.1. The zero-order valence-electron chi connectivity index (χ0n) is 31.8. The molecule has 4 aromatic carbocycles. The summed E-state index contributed by atoms with van der Waals surface area (Å²) in [5.41, 5.74) is 8.72. The Balaban J connectivity index is 0.942. The first-order valence-electron chi connectivity index (χ1n) is 18.3. The summed E-state index contributed by atoms with van der Waals surface area (Å²) in [6.07, 6.45) is 1.33. The van der Waals surface area contributed by atoms with Crippen LogP contribution in [0.2, 0.25) is 0 Å². The fraction of sp³-hybridized carbons (Fsp3) is 0.163. The first kappa shape index (κ1) is 38.0. The van der Waals surface area contributed by atoms with Crippen molar-refractivity contribution in [2.75, 3.05) is 4.72 Å². The number of carbonyl (C=O) groups excluding carboxylic acids is 1. The SMILES string of the molecule is Cc1sc2c(c1C)C(c1ccc(-c3ccc(C(=O)NCc4ccc(S(=O)(=O)Nc5ccc(C)c6c(C#N)c[nH]c56)cc4)cc3)cc1)=N[C@@H](CC(=O)O)c1nnc(C)n1-2. The van der Waals surface area contributed by atoms with Crippen molar-refractivity contribution in [2.45, 2.75) is 51.6 Å². The molecule has 58 heavy (non-hydrogen) atoms. The summed E-state index contributed by atoms with van der Waals surface area (Å²) in [6.45, 7) is 8.01. The van der Waals surface area contributed by atoms with Gasteiger partial charge in [0.1, 0.15) is 22.9 Å². The molecule has 7 aromatic rings. The lowest BCUT2D eigenvalue weighted by Crippen LogP contribution is -2.22. The predicted octanol–water partition coefficient (Wildman–Crippen LogP) is 7.68. The van der Waals surface area contributed by atoms with Crippen LogP contribution in [0.4, 0.5) is 5.69 Å². The van der Waals surface area contributed by atoms with Crippen molar-refractivity contribution in [3.63, 3.8) is 0 Å². The Morgan fingerprint density at radius 2 is 1.59 bits per heavy atom. The third-order valence-corrected chi connectivity index (χ3v) is 12.9. The molecule has 1 atom stereocenters. The highest BCUT2D eigenvalue weighted by Gasteiger charge is 2.32. The van der Waals surface area contributed by atoms with Gasteiger partial charge in [0.25, 0.3) is 15.9 Å². The lowest BCUT2D eigenvalue weighted by molar-refractivity contribution is -0.137. The fourth-order valence-electron chi connectivity index (χ4n) is 7.19. The maximum atomic E-state index is 13.3. The van der Waals surface area contributed by atoms with E-state index in [-0.39, 0.29) is 23.8 Å². The van der Waals surface area contributed by atoms with Gasteiger partial charge in [0.05, 0.1) is 33.8 Å². The number of anilines is 1. The van der Waals surface area contributed by atoms with Crippen LogP contribution in [0.3, 0.4) is 0 Å². The molecule has 0 saturated heterocycles. The second-order valence-corrected chi connectivity index (χ2v) is 17.0. The molecule has 0 saturated carbocycles. The number of carboxylic acids is 1. The molecular weight excluding hydrogens is 773 g/mol. The zero-order chi connectivity index (χ0) is 40.9. The number of H-pyrrole nitrogens is 1. The number of carbonyl (C=O) groups is 2. The Morgan fingerprint density at radius 1 is 0.914 bits per heavy atom. The molecule has 4 heterocycles. The van der Waals surface area contributed by atoms with Crippen molar-refractivity contribution in [3.05, 3.63) is 147 Å². The Kier molecular flexibility index (Phi) is 9.75. The Labute approximate surface area is 337 Å². The topological polar surface area (TPSA) is 195 Å². The van der Waals surface area contributed by atoms with Gasteiger partial charge in [-0.25, -0.2) is 8.42 Å². The first-order chi connectivity index (χ1) is 27.8. The van der Waals surface area contributed by atoms with Crippen molar-refractivity contribution in [2.24, 2.45) is 4.99 Å². The molecule has 0 aliphatic carbocycles. The number of aryl methyl sites for hydroxylation is 3. The first-order valence-corrected chi connectivity index (χ1v) is 20.6. The summed E-state index contributed by atoms with van der Waals surface area (Å²) in [5, 5.41) is 32.3. The minimum absolute atomic E-state index is 0.0540. The minimum atomic E-state index is -3.94. The van der Waals surface area contributed by atoms with Crippen LogP contribution in [0.5, 0.6) is 0 Å². The highest BCUT2D eigenvalue weighted by Crippen LogP contribution is 2.40. The van der Waals surface area contributed by atoms with Crippen LogP contribution in [0.1, 0.15) is 72.7 Å². The van der Waals surface area contributed by atoms with Crippen molar-refractivity contribution in [3.8, 4) is 22.2 Å². The molecule has 0 bridgehead atoms. The molecule has 15 heteroatoms. The molecule has 3 aromatic heterocycles. The maximum Gasteiger partial charge on any atom is 0.306 e. The van der Waals surface area contributed by atoms with Gasteiger partial charge in [0.15, 0.2) is 5.82 Å². The molecule has 1 amide bonds. The van der Waals surface area contributed by atoms with Gasteiger partial charge < -0.3 is 15.4 Å². The Morgan fingerprint density at radius 3 is 2.26 bits per heavy atom. The van der Waals surface area contributed by atoms with Crippen LogP contribution in [-0.2, 0) is 21.4 Å². The van der Waals surface area contributed by atoms with Gasteiger partial charge in [-0.2, -0.15) is 5.26 Å². The number of hydrogen-bond donors (Lipinski definition) is 4. The normalized spacial score (nSPS) is 13.6. The molecule has 8 rings (SSSR count). The van der Waals surface area contributed by atoms with Gasteiger partial charge in [-0.05, 0) is 85.8 Å². The molecular formula is C43H36N8O5S2. The van der Waals surface area contributed by atoms with Gasteiger partial charge in [-0.15, -0.1) is 21.5 Å². The molecule has 1 aliphatic rings. The number of hydrogen-bond acceptors (Lipinski definition) is 9. The number of benzene rings is 4. The summed E-state index contributed by atoms with van der Waals surface area (Å²) in [7, 11) is -3.94. The Hall–Kier alpha value is -6.89. The molecule has 0 fully saturated rings. The number of aliphatic imine (C=N–C) groups is 1. The van der Waals surface area contributed by atoms with Crippen molar-refractivity contribution in [1.29, 1.82) is 5.26 Å². The quantitative estimate of drug-likeness (QED) is 0.108. The number of thiophene rings is 1. The number of fused-ring (bicyclic) bond motifs is 4. The molecule has 0 radical (unpaired) electrons. The highest BCUT2D eigenvalue weighted by molar-refractivity contribution is 7.92. The number of aromatic amines is 1. The van der Waals surface area contributed by atoms with Gasteiger partial charge in [0.2, 0.25) is 0 Å². The zero-order valence-corrected chi connectivity index (χ0v) is 33.4. The summed E-state index contributed by atoms with van der Waals surface area (Å²) in [6, 6.07) is 26.3. The number of sulfonamides is 1. The van der Waals surface area contributed by atoms with E-state index in [0.29, 0.717) is 50.6 Å². The number of nitrogens with zero attached hydrogens (tertiary/aromatic N) is 5. The Bertz CT molecular complexity index is 2950. The lowest BCUT2D eigenvalue weighted by Gasteiger charge is -2.12. The van der Waals surface area contributed by atoms with E-state index < -0.39 is 22.0 Å². The largest absolute Gasteiger partial charge is 0.481 e. The minimum Gasteiger partial charge on any atom is -0.481 e. The van der Waals surface area contributed by atoms with Crippen LogP contribution in [0, 0.1) is 39.0 Å². The molecule has 290 valence electrons. The van der Waals surface area contributed by atoms with E-state index in [0.717, 1.165) is 43.3 Å². The van der Waals surface area contributed by atoms with Crippen LogP contribution >= 0.6 is 11.3 Å². The van der Waals surface area contributed by atoms with E-state index in [1.807, 2.05) is 61.7 Å². The maximum absolute atomic E-state index is 13.3. The number of rotatable bonds is 10. The average Bonchev–Trinajstić information content (AvgIpc) is 3.89. The third kappa shape index (κ3) is 6.93. The van der Waals surface area contributed by atoms with E-state index in [1.54, 1.807) is 53.9 Å². The third-order valence-electron chi connectivity index (χ3n) is 10.3. The molecule has 0 spiro atoms. The van der Waals surface area contributed by atoms with Crippen LogP contribution in [0.15, 0.2) is 101 Å². The molecule has 0 unspecified atom stereocenters. The smallest absolute Gasteiger partial charge is 0.306 e. The van der Waals surface area contributed by atoms with Crippen LogP contribution < -0.4 is 10.0 Å². The highest BCUT2D eigenvalue weighted by atomic mass is 32.2. The van der Waals surface area contributed by atoms with E-state index in [4.69, 9.17) is 4.99 Å². The van der Waals surface area contributed by atoms with Gasteiger partial charge >= 0.3 is 5.97 Å². The summed E-state index contributed by atoms with van der Waals surface area (Å²) in [5.74, 6) is -0.0819. The summed E-state index contributed by atoms with van der Waals surface area (Å²) in [4.78, 5) is 34.2. The van der Waals surface area contributed by atoms with Gasteiger partial charge in [-0.3, -0.25) is 23.9 Å². The van der Waals surface area contributed by atoms with Crippen molar-refractivity contribution >= 4 is 55.5 Å². The average molecular weight is 809 g/mol. The predicted molar refractivity (Wildman–Crippen MR) is 222 cm³/mol. The van der Waals surface area contributed by atoms with Crippen LogP contribution in [-0.4, -0.2) is 50.9 Å². The molecule has 1 aliphatic heterocycles. The monoisotopic (exact) mass is 808 g/mol. The van der Waals surface area contributed by atoms with E-state index in [9.17, 15) is 28.4 Å². The number of aliphatic carboxylic acids is 1. The summed E-state index contributed by atoms with van der Waals surface area (Å²) < 4.78 is 31.1. The standard InChI is InChI=1S/C43H36N8O5S2/c1-23-5-18-34(40-37(23)32(20-44)22-45-40)50-58(55,56)33-16-6-27(7-17-33)21-46-42(54)31-14-10-29(11-15-31)28-8-12-30(13-9-28)39-38-24(2)25(3)57-43(38)51-26(4)48-49-41(51)35(47-39)19-36(52)53/h5-18,22,35,45,50H,19,21H2,1-4H3,(H,46,54)(H,52,53)/t35-/m0/s1. The van der Waals surface area contributed by atoms with Gasteiger partial charge in [0, 0.05) is 39.7 Å². The lowest BCUT2D eigenvalue weighted by atomic mass is 9.96.